The zero-order valence-electron chi connectivity index (χ0n) is 11.1. The van der Waals surface area contributed by atoms with Crippen LogP contribution >= 0.6 is 0 Å². The van der Waals surface area contributed by atoms with Gasteiger partial charge in [-0.1, -0.05) is 0 Å². The lowest BCUT2D eigenvalue weighted by atomic mass is 10.2. The summed E-state index contributed by atoms with van der Waals surface area (Å²) in [7, 11) is 0. The number of benzene rings is 1. The number of aldehydes is 1. The molecule has 0 bridgehead atoms. The van der Waals surface area contributed by atoms with Crippen molar-refractivity contribution < 1.29 is 13.9 Å². The van der Waals surface area contributed by atoms with Crippen LogP contribution in [0.1, 0.15) is 28.5 Å². The molecule has 6 heteroatoms. The number of nitriles is 1. The zero-order valence-corrected chi connectivity index (χ0v) is 11.1. The highest BCUT2D eigenvalue weighted by molar-refractivity contribution is 5.80. The number of aromatic nitrogens is 2. The van der Waals surface area contributed by atoms with Crippen molar-refractivity contribution in [1.29, 1.82) is 5.26 Å². The molecule has 1 aromatic heterocycles. The average Bonchev–Trinajstić information content (AvgIpc) is 2.75. The molecule has 0 aliphatic rings. The van der Waals surface area contributed by atoms with Gasteiger partial charge in [-0.3, -0.25) is 4.79 Å². The van der Waals surface area contributed by atoms with Crippen LogP contribution in [0.5, 0.6) is 5.88 Å². The minimum atomic E-state index is -0.607. The largest absolute Gasteiger partial charge is 0.477 e. The van der Waals surface area contributed by atoms with E-state index in [9.17, 15) is 9.18 Å². The molecule has 0 amide bonds. The summed E-state index contributed by atoms with van der Waals surface area (Å²) in [6, 6.07) is 5.88. The minimum absolute atomic E-state index is 0.128. The van der Waals surface area contributed by atoms with Crippen molar-refractivity contribution in [3.05, 3.63) is 40.8 Å². The number of nitrogens with zero attached hydrogens (tertiary/aromatic N) is 3. The van der Waals surface area contributed by atoms with Crippen LogP contribution in [0.3, 0.4) is 0 Å². The molecule has 0 radical (unpaired) electrons. The minimum Gasteiger partial charge on any atom is -0.477 e. The first kappa shape index (κ1) is 13.7. The molecule has 0 unspecified atom stereocenters. The van der Waals surface area contributed by atoms with Gasteiger partial charge in [0.05, 0.1) is 29.5 Å². The fraction of sp³-hybridized carbons (Fsp3) is 0.214. The van der Waals surface area contributed by atoms with Crippen LogP contribution in [-0.2, 0) is 0 Å². The average molecular weight is 273 g/mol. The maximum Gasteiger partial charge on any atom is 0.227 e. The van der Waals surface area contributed by atoms with Crippen LogP contribution in [0.15, 0.2) is 18.2 Å². The van der Waals surface area contributed by atoms with Crippen LogP contribution in [-0.4, -0.2) is 22.7 Å². The monoisotopic (exact) mass is 273 g/mol. The number of rotatable bonds is 4. The Balaban J connectivity index is 2.63. The summed E-state index contributed by atoms with van der Waals surface area (Å²) in [5, 5.41) is 12.9. The summed E-state index contributed by atoms with van der Waals surface area (Å²) < 4.78 is 20.7. The lowest BCUT2D eigenvalue weighted by Gasteiger charge is -2.09. The van der Waals surface area contributed by atoms with Crippen molar-refractivity contribution in [2.24, 2.45) is 0 Å². The summed E-state index contributed by atoms with van der Waals surface area (Å²) in [5.74, 6) is -0.409. The molecule has 0 aliphatic carbocycles. The Bertz CT molecular complexity index is 701. The zero-order chi connectivity index (χ0) is 14.7. The number of hydrogen-bond donors (Lipinski definition) is 0. The fourth-order valence-corrected chi connectivity index (χ4v) is 1.84. The maximum absolute atomic E-state index is 14.0. The summed E-state index contributed by atoms with van der Waals surface area (Å²) >= 11 is 0. The topological polar surface area (TPSA) is 67.9 Å². The highest BCUT2D eigenvalue weighted by Crippen LogP contribution is 2.26. The van der Waals surface area contributed by atoms with Gasteiger partial charge in [0.25, 0.3) is 0 Å². The molecule has 102 valence electrons. The summed E-state index contributed by atoms with van der Waals surface area (Å²) in [5.41, 5.74) is 1.08. The SMILES string of the molecule is CCOc1c(C=O)c(C)nn1-c1ccc(C#N)cc1F. The predicted octanol–water partition coefficient (Wildman–Crippen LogP) is 2.40. The Labute approximate surface area is 115 Å². The third-order valence-corrected chi connectivity index (χ3v) is 2.77. The molecule has 0 aliphatic heterocycles. The quantitative estimate of drug-likeness (QED) is 0.802. The summed E-state index contributed by atoms with van der Waals surface area (Å²) in [6.45, 7) is 3.73. The van der Waals surface area contributed by atoms with Gasteiger partial charge in [0.2, 0.25) is 5.88 Å². The number of carbonyl (C=O) groups is 1. The van der Waals surface area contributed by atoms with Gasteiger partial charge in [0, 0.05) is 0 Å². The summed E-state index contributed by atoms with van der Waals surface area (Å²) in [4.78, 5) is 11.1. The predicted molar refractivity (Wildman–Crippen MR) is 69.5 cm³/mol. The Hall–Kier alpha value is -2.68. The van der Waals surface area contributed by atoms with E-state index in [0.29, 0.717) is 18.6 Å². The lowest BCUT2D eigenvalue weighted by Crippen LogP contribution is -2.05. The van der Waals surface area contributed by atoms with E-state index < -0.39 is 5.82 Å². The van der Waals surface area contributed by atoms with Crippen LogP contribution in [0.4, 0.5) is 4.39 Å². The third-order valence-electron chi connectivity index (χ3n) is 2.77. The van der Waals surface area contributed by atoms with E-state index in [1.807, 2.05) is 6.07 Å². The Kier molecular flexibility index (Phi) is 3.80. The van der Waals surface area contributed by atoms with Gasteiger partial charge in [0.1, 0.15) is 11.5 Å². The molecule has 0 saturated carbocycles. The van der Waals surface area contributed by atoms with E-state index in [1.54, 1.807) is 13.8 Å². The number of aryl methyl sites for hydroxylation is 1. The van der Waals surface area contributed by atoms with Crippen LogP contribution < -0.4 is 4.74 Å². The first-order valence-electron chi connectivity index (χ1n) is 6.00. The smallest absolute Gasteiger partial charge is 0.227 e. The molecule has 1 heterocycles. The molecule has 0 atom stereocenters. The second kappa shape index (κ2) is 5.53. The molecule has 20 heavy (non-hydrogen) atoms. The molecule has 0 fully saturated rings. The van der Waals surface area contributed by atoms with Crippen molar-refractivity contribution in [2.75, 3.05) is 6.61 Å². The normalized spacial score (nSPS) is 10.1. The van der Waals surface area contributed by atoms with Gasteiger partial charge in [-0.25, -0.2) is 4.39 Å². The van der Waals surface area contributed by atoms with Gasteiger partial charge in [-0.05, 0) is 32.0 Å². The van der Waals surface area contributed by atoms with E-state index in [0.717, 1.165) is 6.07 Å². The van der Waals surface area contributed by atoms with Crippen molar-refractivity contribution in [2.45, 2.75) is 13.8 Å². The highest BCUT2D eigenvalue weighted by Gasteiger charge is 2.19. The van der Waals surface area contributed by atoms with E-state index in [1.165, 1.54) is 16.8 Å². The summed E-state index contributed by atoms with van der Waals surface area (Å²) in [6.07, 6.45) is 0.630. The van der Waals surface area contributed by atoms with Gasteiger partial charge in [0.15, 0.2) is 6.29 Å². The molecule has 0 N–H and O–H groups in total. The van der Waals surface area contributed by atoms with E-state index in [2.05, 4.69) is 5.10 Å². The number of halogens is 1. The van der Waals surface area contributed by atoms with Crippen LogP contribution in [0, 0.1) is 24.1 Å². The Morgan fingerprint density at radius 3 is 2.85 bits per heavy atom. The van der Waals surface area contributed by atoms with Crippen molar-refractivity contribution in [3.63, 3.8) is 0 Å². The second-order valence-corrected chi connectivity index (χ2v) is 4.04. The molecule has 0 saturated heterocycles. The number of hydrogen-bond acceptors (Lipinski definition) is 4. The van der Waals surface area contributed by atoms with Crippen LogP contribution in [0.25, 0.3) is 5.69 Å². The van der Waals surface area contributed by atoms with Gasteiger partial charge < -0.3 is 4.74 Å². The molecular formula is C14H12FN3O2. The van der Waals surface area contributed by atoms with Gasteiger partial charge in [-0.15, -0.1) is 0 Å². The Morgan fingerprint density at radius 2 is 2.30 bits per heavy atom. The van der Waals surface area contributed by atoms with E-state index in [-0.39, 0.29) is 22.7 Å². The third kappa shape index (κ3) is 2.26. The molecule has 1 aromatic carbocycles. The standard InChI is InChI=1S/C14H12FN3O2/c1-3-20-14-11(8-19)9(2)17-18(14)13-5-4-10(7-16)6-12(13)15/h4-6,8H,3H2,1-2H3. The van der Waals surface area contributed by atoms with Crippen molar-refractivity contribution in [3.8, 4) is 17.6 Å². The molecule has 2 rings (SSSR count). The van der Waals surface area contributed by atoms with E-state index in [4.69, 9.17) is 10.00 Å². The second-order valence-electron chi connectivity index (χ2n) is 4.04. The molecular weight excluding hydrogens is 261 g/mol. The first-order chi connectivity index (χ1) is 9.62. The molecule has 5 nitrogen and oxygen atoms in total. The first-order valence-corrected chi connectivity index (χ1v) is 6.00. The van der Waals surface area contributed by atoms with Gasteiger partial charge in [-0.2, -0.15) is 15.0 Å². The van der Waals surface area contributed by atoms with E-state index >= 15 is 0 Å². The van der Waals surface area contributed by atoms with Gasteiger partial charge >= 0.3 is 0 Å². The molecule has 2 aromatic rings. The number of carbonyl (C=O) groups excluding carboxylic acids is 1. The van der Waals surface area contributed by atoms with Crippen molar-refractivity contribution in [1.82, 2.24) is 9.78 Å². The molecule has 0 spiro atoms. The highest BCUT2D eigenvalue weighted by atomic mass is 19.1. The lowest BCUT2D eigenvalue weighted by molar-refractivity contribution is 0.111. The number of ether oxygens (including phenoxy) is 1. The Morgan fingerprint density at radius 1 is 1.55 bits per heavy atom. The van der Waals surface area contributed by atoms with Crippen LogP contribution in [0.2, 0.25) is 0 Å². The van der Waals surface area contributed by atoms with Crippen molar-refractivity contribution >= 4 is 6.29 Å². The fourth-order valence-electron chi connectivity index (χ4n) is 1.84. The maximum atomic E-state index is 14.0.